The van der Waals surface area contributed by atoms with Crippen LogP contribution in [0.3, 0.4) is 0 Å². The van der Waals surface area contributed by atoms with Crippen LogP contribution in [0.5, 0.6) is 0 Å². The molecule has 4 nitrogen and oxygen atoms in total. The molecule has 2 aromatic heterocycles. The number of aromatic nitrogens is 3. The molecule has 0 aliphatic heterocycles. The Labute approximate surface area is 95.3 Å². The molecule has 0 aliphatic carbocycles. The summed E-state index contributed by atoms with van der Waals surface area (Å²) in [6.45, 7) is 3.88. The van der Waals surface area contributed by atoms with E-state index in [1.165, 1.54) is 5.56 Å². The third-order valence-electron chi connectivity index (χ3n) is 2.40. The molecule has 2 heterocycles. The molecule has 0 aliphatic rings. The summed E-state index contributed by atoms with van der Waals surface area (Å²) in [6, 6.07) is 6.35. The monoisotopic (exact) mass is 216 g/mol. The Hall–Kier alpha value is -1.68. The summed E-state index contributed by atoms with van der Waals surface area (Å²) in [7, 11) is 0. The molecule has 0 fully saturated rings. The lowest BCUT2D eigenvalue weighted by molar-refractivity contribution is 0.450. The van der Waals surface area contributed by atoms with E-state index in [1.807, 2.05) is 29.2 Å². The second kappa shape index (κ2) is 5.42. The number of pyridine rings is 1. The van der Waals surface area contributed by atoms with Crippen molar-refractivity contribution in [3.63, 3.8) is 0 Å². The van der Waals surface area contributed by atoms with E-state index in [0.717, 1.165) is 13.1 Å². The van der Waals surface area contributed by atoms with Crippen LogP contribution in [0.15, 0.2) is 43.0 Å². The van der Waals surface area contributed by atoms with Gasteiger partial charge < -0.3 is 5.32 Å². The van der Waals surface area contributed by atoms with Crippen LogP contribution >= 0.6 is 0 Å². The molecule has 0 spiro atoms. The zero-order valence-corrected chi connectivity index (χ0v) is 9.37. The van der Waals surface area contributed by atoms with Crippen LogP contribution in [-0.4, -0.2) is 20.8 Å². The van der Waals surface area contributed by atoms with Crippen LogP contribution in [0.25, 0.3) is 0 Å². The first-order valence-electron chi connectivity index (χ1n) is 5.44. The SMILES string of the molecule is CC(Cn1cccn1)NCc1cccnc1. The summed E-state index contributed by atoms with van der Waals surface area (Å²) >= 11 is 0. The number of hydrogen-bond acceptors (Lipinski definition) is 3. The van der Waals surface area contributed by atoms with Crippen molar-refractivity contribution in [1.82, 2.24) is 20.1 Å². The minimum Gasteiger partial charge on any atom is -0.308 e. The average Bonchev–Trinajstić information content (AvgIpc) is 2.81. The van der Waals surface area contributed by atoms with Gasteiger partial charge in [0.2, 0.25) is 0 Å². The number of nitrogens with zero attached hydrogens (tertiary/aromatic N) is 3. The predicted molar refractivity (Wildman–Crippen MR) is 62.8 cm³/mol. The number of nitrogens with one attached hydrogen (secondary N) is 1. The van der Waals surface area contributed by atoms with Gasteiger partial charge in [-0.05, 0) is 24.6 Å². The highest BCUT2D eigenvalue weighted by molar-refractivity contribution is 5.07. The second-order valence-corrected chi connectivity index (χ2v) is 3.87. The van der Waals surface area contributed by atoms with Crippen LogP contribution < -0.4 is 5.32 Å². The van der Waals surface area contributed by atoms with Gasteiger partial charge in [-0.1, -0.05) is 6.07 Å². The highest BCUT2D eigenvalue weighted by atomic mass is 15.3. The molecule has 0 amide bonds. The maximum absolute atomic E-state index is 4.18. The molecule has 0 aromatic carbocycles. The van der Waals surface area contributed by atoms with Crippen LogP contribution in [-0.2, 0) is 13.1 Å². The van der Waals surface area contributed by atoms with Crippen molar-refractivity contribution >= 4 is 0 Å². The lowest BCUT2D eigenvalue weighted by atomic mass is 10.2. The molecule has 0 radical (unpaired) electrons. The van der Waals surface area contributed by atoms with Gasteiger partial charge in [0.15, 0.2) is 0 Å². The smallest absolute Gasteiger partial charge is 0.0560 e. The van der Waals surface area contributed by atoms with Crippen LogP contribution in [0, 0.1) is 0 Å². The summed E-state index contributed by atoms with van der Waals surface area (Å²) in [5, 5.41) is 7.61. The molecule has 1 N–H and O–H groups in total. The van der Waals surface area contributed by atoms with E-state index in [4.69, 9.17) is 0 Å². The molecule has 0 bridgehead atoms. The van der Waals surface area contributed by atoms with E-state index in [9.17, 15) is 0 Å². The Morgan fingerprint density at radius 3 is 3.00 bits per heavy atom. The average molecular weight is 216 g/mol. The molecule has 2 rings (SSSR count). The highest BCUT2D eigenvalue weighted by Gasteiger charge is 2.02. The van der Waals surface area contributed by atoms with Gasteiger partial charge in [-0.2, -0.15) is 5.10 Å². The molecule has 1 unspecified atom stereocenters. The fourth-order valence-corrected chi connectivity index (χ4v) is 1.55. The summed E-state index contributed by atoms with van der Waals surface area (Å²) in [4.78, 5) is 4.08. The van der Waals surface area contributed by atoms with Gasteiger partial charge in [-0.25, -0.2) is 0 Å². The predicted octanol–water partition coefficient (Wildman–Crippen LogP) is 1.46. The van der Waals surface area contributed by atoms with Crippen molar-refractivity contribution < 1.29 is 0 Å². The number of hydrogen-bond donors (Lipinski definition) is 1. The van der Waals surface area contributed by atoms with Crippen molar-refractivity contribution in [2.24, 2.45) is 0 Å². The van der Waals surface area contributed by atoms with Crippen LogP contribution in [0.4, 0.5) is 0 Å². The molecule has 0 saturated carbocycles. The van der Waals surface area contributed by atoms with Gasteiger partial charge in [-0.3, -0.25) is 9.67 Å². The summed E-state index contributed by atoms with van der Waals surface area (Å²) in [6.07, 6.45) is 7.44. The van der Waals surface area contributed by atoms with Gasteiger partial charge >= 0.3 is 0 Å². The standard InChI is InChI=1S/C12H16N4/c1-11(10-16-7-3-6-15-16)14-9-12-4-2-5-13-8-12/h2-8,11,14H,9-10H2,1H3. The van der Waals surface area contributed by atoms with E-state index < -0.39 is 0 Å². The fraction of sp³-hybridized carbons (Fsp3) is 0.333. The van der Waals surface area contributed by atoms with Gasteiger partial charge in [0.25, 0.3) is 0 Å². The van der Waals surface area contributed by atoms with Gasteiger partial charge in [0.1, 0.15) is 0 Å². The third kappa shape index (κ3) is 3.17. The second-order valence-electron chi connectivity index (χ2n) is 3.87. The minimum atomic E-state index is 0.389. The lowest BCUT2D eigenvalue weighted by Crippen LogP contribution is -2.30. The maximum Gasteiger partial charge on any atom is 0.0560 e. The van der Waals surface area contributed by atoms with E-state index in [2.05, 4.69) is 28.4 Å². The van der Waals surface area contributed by atoms with Crippen molar-refractivity contribution in [1.29, 1.82) is 0 Å². The first-order chi connectivity index (χ1) is 7.84. The zero-order valence-electron chi connectivity index (χ0n) is 9.37. The third-order valence-corrected chi connectivity index (χ3v) is 2.40. The molecule has 84 valence electrons. The van der Waals surface area contributed by atoms with Gasteiger partial charge in [-0.15, -0.1) is 0 Å². The van der Waals surface area contributed by atoms with E-state index in [0.29, 0.717) is 6.04 Å². The van der Waals surface area contributed by atoms with Crippen molar-refractivity contribution in [3.8, 4) is 0 Å². The Kier molecular flexibility index (Phi) is 3.66. The Morgan fingerprint density at radius 1 is 1.38 bits per heavy atom. The van der Waals surface area contributed by atoms with Crippen molar-refractivity contribution in [2.45, 2.75) is 26.1 Å². The van der Waals surface area contributed by atoms with Crippen molar-refractivity contribution in [3.05, 3.63) is 48.5 Å². The Morgan fingerprint density at radius 2 is 2.31 bits per heavy atom. The molecular formula is C12H16N4. The normalized spacial score (nSPS) is 12.6. The maximum atomic E-state index is 4.18. The molecule has 2 aromatic rings. The summed E-state index contributed by atoms with van der Waals surface area (Å²) in [5.41, 5.74) is 1.20. The Balaban J connectivity index is 1.78. The zero-order chi connectivity index (χ0) is 11.2. The van der Waals surface area contributed by atoms with Crippen LogP contribution in [0.2, 0.25) is 0 Å². The van der Waals surface area contributed by atoms with Crippen molar-refractivity contribution in [2.75, 3.05) is 0 Å². The van der Waals surface area contributed by atoms with Gasteiger partial charge in [0.05, 0.1) is 6.54 Å². The highest BCUT2D eigenvalue weighted by Crippen LogP contribution is 1.97. The van der Waals surface area contributed by atoms with Crippen LogP contribution in [0.1, 0.15) is 12.5 Å². The molecular weight excluding hydrogens is 200 g/mol. The molecule has 1 atom stereocenters. The quantitative estimate of drug-likeness (QED) is 0.822. The Bertz CT molecular complexity index is 396. The minimum absolute atomic E-state index is 0.389. The largest absolute Gasteiger partial charge is 0.308 e. The van der Waals surface area contributed by atoms with E-state index in [-0.39, 0.29) is 0 Å². The fourth-order valence-electron chi connectivity index (χ4n) is 1.55. The first-order valence-corrected chi connectivity index (χ1v) is 5.44. The first kappa shape index (κ1) is 10.8. The topological polar surface area (TPSA) is 42.7 Å². The molecule has 16 heavy (non-hydrogen) atoms. The lowest BCUT2D eigenvalue weighted by Gasteiger charge is -2.13. The summed E-state index contributed by atoms with van der Waals surface area (Å²) in [5.74, 6) is 0. The molecule has 4 heteroatoms. The number of rotatable bonds is 5. The van der Waals surface area contributed by atoms with Gasteiger partial charge in [0, 0.05) is 37.4 Å². The van der Waals surface area contributed by atoms with E-state index in [1.54, 1.807) is 12.4 Å². The van der Waals surface area contributed by atoms with E-state index >= 15 is 0 Å². The summed E-state index contributed by atoms with van der Waals surface area (Å²) < 4.78 is 1.93. The molecule has 0 saturated heterocycles.